The van der Waals surface area contributed by atoms with Crippen molar-refractivity contribution in [3.05, 3.63) is 46.0 Å². The predicted molar refractivity (Wildman–Crippen MR) is 126 cm³/mol. The molecule has 33 heavy (non-hydrogen) atoms. The van der Waals surface area contributed by atoms with Crippen LogP contribution in [0.5, 0.6) is 5.75 Å². The SMILES string of the molecule is COc1cccnc1C(C1CCOCC1)n1c2c(C)c(Br)cnc2c2c1c(C(=O)O)nn2C. The number of hydrogen-bond acceptors (Lipinski definition) is 6. The Balaban J connectivity index is 1.95. The lowest BCUT2D eigenvalue weighted by molar-refractivity contribution is 0.0543. The second-order valence-electron chi connectivity index (χ2n) is 8.26. The highest BCUT2D eigenvalue weighted by atomic mass is 79.9. The highest BCUT2D eigenvalue weighted by Gasteiger charge is 2.36. The molecule has 1 fully saturated rings. The van der Waals surface area contributed by atoms with Gasteiger partial charge in [0.25, 0.3) is 0 Å². The summed E-state index contributed by atoms with van der Waals surface area (Å²) < 4.78 is 15.9. The third-order valence-electron chi connectivity index (χ3n) is 6.47. The number of carboxylic acid groups (broad SMARTS) is 1. The zero-order valence-corrected chi connectivity index (χ0v) is 20.2. The van der Waals surface area contributed by atoms with E-state index in [2.05, 4.69) is 30.6 Å². The number of ether oxygens (including phenoxy) is 2. The molecule has 4 aromatic rings. The van der Waals surface area contributed by atoms with Crippen molar-refractivity contribution in [2.45, 2.75) is 25.8 Å². The van der Waals surface area contributed by atoms with Crippen LogP contribution in [-0.2, 0) is 11.8 Å². The fourth-order valence-electron chi connectivity index (χ4n) is 4.96. The van der Waals surface area contributed by atoms with Gasteiger partial charge in [-0.25, -0.2) is 4.79 Å². The Morgan fingerprint density at radius 2 is 2.03 bits per heavy atom. The summed E-state index contributed by atoms with van der Waals surface area (Å²) in [6.45, 7) is 3.28. The van der Waals surface area contributed by atoms with Crippen LogP contribution >= 0.6 is 15.9 Å². The maximum atomic E-state index is 12.3. The largest absolute Gasteiger partial charge is 0.495 e. The lowest BCUT2D eigenvalue weighted by Gasteiger charge is -2.33. The van der Waals surface area contributed by atoms with Crippen molar-refractivity contribution in [2.24, 2.45) is 13.0 Å². The number of aromatic nitrogens is 5. The fourth-order valence-corrected chi connectivity index (χ4v) is 5.25. The summed E-state index contributed by atoms with van der Waals surface area (Å²) in [5, 5.41) is 14.4. The van der Waals surface area contributed by atoms with Crippen molar-refractivity contribution >= 4 is 44.0 Å². The Kier molecular flexibility index (Phi) is 5.57. The van der Waals surface area contributed by atoms with E-state index in [0.29, 0.717) is 35.5 Å². The van der Waals surface area contributed by atoms with E-state index in [4.69, 9.17) is 14.5 Å². The molecule has 0 aromatic carbocycles. The number of pyridine rings is 2. The van der Waals surface area contributed by atoms with Crippen LogP contribution in [0.2, 0.25) is 0 Å². The van der Waals surface area contributed by atoms with Crippen LogP contribution in [0, 0.1) is 12.8 Å². The molecule has 1 saturated heterocycles. The summed E-state index contributed by atoms with van der Waals surface area (Å²) in [6, 6.07) is 3.44. The molecule has 172 valence electrons. The number of rotatable bonds is 5. The van der Waals surface area contributed by atoms with E-state index in [-0.39, 0.29) is 17.7 Å². The molecule has 1 atom stereocenters. The van der Waals surface area contributed by atoms with Gasteiger partial charge < -0.3 is 19.1 Å². The van der Waals surface area contributed by atoms with Gasteiger partial charge in [0.1, 0.15) is 28.0 Å². The van der Waals surface area contributed by atoms with Gasteiger partial charge in [0, 0.05) is 37.1 Å². The Morgan fingerprint density at radius 3 is 2.73 bits per heavy atom. The minimum Gasteiger partial charge on any atom is -0.495 e. The van der Waals surface area contributed by atoms with E-state index >= 15 is 0 Å². The van der Waals surface area contributed by atoms with E-state index in [9.17, 15) is 9.90 Å². The molecule has 10 heteroatoms. The second kappa shape index (κ2) is 8.42. The molecule has 0 spiro atoms. The average Bonchev–Trinajstić information content (AvgIpc) is 3.34. The highest BCUT2D eigenvalue weighted by Crippen LogP contribution is 2.44. The Labute approximate surface area is 198 Å². The molecule has 1 aliphatic heterocycles. The minimum absolute atomic E-state index is 0.00650. The maximum absolute atomic E-state index is 12.3. The van der Waals surface area contributed by atoms with E-state index < -0.39 is 5.97 Å². The monoisotopic (exact) mass is 513 g/mol. The maximum Gasteiger partial charge on any atom is 0.358 e. The van der Waals surface area contributed by atoms with Crippen molar-refractivity contribution in [3.8, 4) is 5.75 Å². The lowest BCUT2D eigenvalue weighted by Crippen LogP contribution is -2.28. The minimum atomic E-state index is -1.08. The molecular formula is C23H24BrN5O4. The summed E-state index contributed by atoms with van der Waals surface area (Å²) in [6.07, 6.45) is 5.12. The molecule has 0 bridgehead atoms. The summed E-state index contributed by atoms with van der Waals surface area (Å²) in [4.78, 5) is 21.7. The van der Waals surface area contributed by atoms with Gasteiger partial charge in [-0.1, -0.05) is 0 Å². The quantitative estimate of drug-likeness (QED) is 0.428. The first-order valence-electron chi connectivity index (χ1n) is 10.8. The van der Waals surface area contributed by atoms with Gasteiger partial charge in [-0.2, -0.15) is 5.10 Å². The normalized spacial score (nSPS) is 15.9. The lowest BCUT2D eigenvalue weighted by atomic mass is 9.88. The first-order chi connectivity index (χ1) is 15.9. The Morgan fingerprint density at radius 1 is 1.27 bits per heavy atom. The fraction of sp³-hybridized carbons (Fsp3) is 0.391. The smallest absolute Gasteiger partial charge is 0.358 e. The van der Waals surface area contributed by atoms with Gasteiger partial charge in [-0.3, -0.25) is 14.6 Å². The number of carbonyl (C=O) groups is 1. The highest BCUT2D eigenvalue weighted by molar-refractivity contribution is 9.10. The topological polar surface area (TPSA) is 104 Å². The van der Waals surface area contributed by atoms with Crippen LogP contribution in [-0.4, -0.2) is 55.7 Å². The molecule has 0 aliphatic carbocycles. The number of methoxy groups -OCH3 is 1. The van der Waals surface area contributed by atoms with Crippen molar-refractivity contribution in [1.82, 2.24) is 24.3 Å². The Hall–Kier alpha value is -2.98. The molecule has 1 unspecified atom stereocenters. The van der Waals surface area contributed by atoms with Gasteiger partial charge in [-0.15, -0.1) is 0 Å². The molecule has 0 saturated carbocycles. The van der Waals surface area contributed by atoms with Crippen molar-refractivity contribution in [3.63, 3.8) is 0 Å². The molecule has 9 nitrogen and oxygen atoms in total. The number of nitrogens with zero attached hydrogens (tertiary/aromatic N) is 5. The van der Waals surface area contributed by atoms with E-state index in [1.54, 1.807) is 31.2 Å². The van der Waals surface area contributed by atoms with E-state index in [1.807, 2.05) is 19.1 Å². The second-order valence-corrected chi connectivity index (χ2v) is 9.11. The zero-order valence-electron chi connectivity index (χ0n) is 18.6. The summed E-state index contributed by atoms with van der Waals surface area (Å²) >= 11 is 3.62. The number of carboxylic acids is 1. The third-order valence-corrected chi connectivity index (χ3v) is 7.27. The number of hydrogen-bond donors (Lipinski definition) is 1. The van der Waals surface area contributed by atoms with Gasteiger partial charge in [-0.05, 0) is 59.3 Å². The van der Waals surface area contributed by atoms with Gasteiger partial charge >= 0.3 is 5.97 Å². The molecule has 1 N–H and O–H groups in total. The number of aryl methyl sites for hydroxylation is 2. The number of fused-ring (bicyclic) bond motifs is 3. The van der Waals surface area contributed by atoms with Gasteiger partial charge in [0.15, 0.2) is 5.69 Å². The Bertz CT molecular complexity index is 1370. The van der Waals surface area contributed by atoms with Crippen LogP contribution in [0.25, 0.3) is 22.1 Å². The summed E-state index contributed by atoms with van der Waals surface area (Å²) in [7, 11) is 3.38. The first-order valence-corrected chi connectivity index (χ1v) is 11.5. The number of halogens is 1. The predicted octanol–water partition coefficient (Wildman–Crippen LogP) is 4.11. The summed E-state index contributed by atoms with van der Waals surface area (Å²) in [5.41, 5.74) is 4.51. The summed E-state index contributed by atoms with van der Waals surface area (Å²) in [5.74, 6) is -0.271. The third kappa shape index (κ3) is 3.39. The van der Waals surface area contributed by atoms with Crippen molar-refractivity contribution in [1.29, 1.82) is 0 Å². The molecule has 4 aromatic heterocycles. The van der Waals surface area contributed by atoms with Crippen molar-refractivity contribution in [2.75, 3.05) is 20.3 Å². The van der Waals surface area contributed by atoms with E-state index in [0.717, 1.165) is 34.1 Å². The molecule has 0 radical (unpaired) electrons. The van der Waals surface area contributed by atoms with Gasteiger partial charge in [0.05, 0.1) is 18.7 Å². The van der Waals surface area contributed by atoms with E-state index in [1.165, 1.54) is 0 Å². The molecule has 0 amide bonds. The van der Waals surface area contributed by atoms with Crippen LogP contribution < -0.4 is 4.74 Å². The molecule has 5 heterocycles. The average molecular weight is 514 g/mol. The van der Waals surface area contributed by atoms with Crippen molar-refractivity contribution < 1.29 is 19.4 Å². The van der Waals surface area contributed by atoms with Crippen LogP contribution in [0.1, 0.15) is 40.6 Å². The molecule has 1 aliphatic rings. The van der Waals surface area contributed by atoms with Crippen LogP contribution in [0.3, 0.4) is 0 Å². The molecular weight excluding hydrogens is 490 g/mol. The van der Waals surface area contributed by atoms with Crippen LogP contribution in [0.4, 0.5) is 0 Å². The zero-order chi connectivity index (χ0) is 23.3. The molecule has 5 rings (SSSR count). The standard InChI is InChI=1S/C23H24BrN5O4/c1-12-14(24)11-26-17-19(12)29(22-18(23(30)31)27-28(2)21(17)22)20(13-6-9-33-10-7-13)16-15(32-3)5-4-8-25-16/h4-5,8,11,13,20H,6-7,9-10H2,1-3H3,(H,30,31). The first kappa shape index (κ1) is 21.8. The number of aromatic carboxylic acids is 1. The van der Waals surface area contributed by atoms with Gasteiger partial charge in [0.2, 0.25) is 0 Å². The van der Waals surface area contributed by atoms with Crippen LogP contribution in [0.15, 0.2) is 29.0 Å².